The molecule has 0 saturated carbocycles. The molecule has 1 nitrogen and oxygen atoms in total. The highest BCUT2D eigenvalue weighted by Gasteiger charge is 2.06. The van der Waals surface area contributed by atoms with Crippen LogP contribution >= 0.6 is 43.5 Å². The van der Waals surface area contributed by atoms with Gasteiger partial charge in [-0.1, -0.05) is 43.5 Å². The average molecular weight is 321 g/mol. The number of aromatic nitrogens is 1. The van der Waals surface area contributed by atoms with Crippen molar-refractivity contribution in [3.05, 3.63) is 38.5 Å². The van der Waals surface area contributed by atoms with Gasteiger partial charge in [-0.15, -0.1) is 0 Å². The van der Waals surface area contributed by atoms with E-state index in [4.69, 9.17) is 11.6 Å². The maximum Gasteiger partial charge on any atom is 0.137 e. The quantitative estimate of drug-likeness (QED) is 0.655. The molecule has 66 valence electrons. The van der Waals surface area contributed by atoms with E-state index in [-0.39, 0.29) is 0 Å². The van der Waals surface area contributed by atoms with E-state index >= 15 is 0 Å². The van der Waals surface area contributed by atoms with Crippen LogP contribution in [0, 0.1) is 0 Å². The molecule has 0 atom stereocenters. The lowest BCUT2D eigenvalue weighted by molar-refractivity contribution is 1.36. The van der Waals surface area contributed by atoms with Gasteiger partial charge in [-0.2, -0.15) is 0 Å². The molecule has 2 rings (SSSR count). The molecule has 0 saturated heterocycles. The van der Waals surface area contributed by atoms with Crippen LogP contribution in [0.4, 0.5) is 0 Å². The highest BCUT2D eigenvalue weighted by molar-refractivity contribution is 9.11. The molecule has 0 aliphatic carbocycles. The number of benzene rings is 1. The third kappa shape index (κ3) is 1.60. The fraction of sp³-hybridized carbons (Fsp3) is 0. The summed E-state index contributed by atoms with van der Waals surface area (Å²) in [5.41, 5.74) is 0. The van der Waals surface area contributed by atoms with E-state index in [1.54, 1.807) is 6.20 Å². The second-order valence-corrected chi connectivity index (χ2v) is 4.62. The van der Waals surface area contributed by atoms with Gasteiger partial charge in [-0.05, 0) is 18.2 Å². The molecule has 0 aliphatic rings. The first-order valence-electron chi connectivity index (χ1n) is 3.58. The van der Waals surface area contributed by atoms with E-state index in [0.29, 0.717) is 5.15 Å². The molecule has 13 heavy (non-hydrogen) atoms. The summed E-state index contributed by atoms with van der Waals surface area (Å²) >= 11 is 12.9. The smallest absolute Gasteiger partial charge is 0.137 e. The Morgan fingerprint density at radius 3 is 2.46 bits per heavy atom. The number of nitrogens with zero attached hydrogens (tertiary/aromatic N) is 1. The van der Waals surface area contributed by atoms with Crippen molar-refractivity contribution in [2.75, 3.05) is 0 Å². The highest BCUT2D eigenvalue weighted by atomic mass is 79.9. The normalized spacial score (nSPS) is 10.7. The molecule has 0 radical (unpaired) electrons. The van der Waals surface area contributed by atoms with Gasteiger partial charge in [0.1, 0.15) is 5.15 Å². The largest absolute Gasteiger partial charge is 0.244 e. The Morgan fingerprint density at radius 2 is 1.77 bits per heavy atom. The molecule has 0 spiro atoms. The van der Waals surface area contributed by atoms with Gasteiger partial charge in [0.15, 0.2) is 0 Å². The molecule has 0 bridgehead atoms. The predicted octanol–water partition coefficient (Wildman–Crippen LogP) is 4.41. The van der Waals surface area contributed by atoms with Crippen molar-refractivity contribution >= 4 is 54.2 Å². The van der Waals surface area contributed by atoms with Crippen LogP contribution < -0.4 is 0 Å². The second kappa shape index (κ2) is 3.56. The van der Waals surface area contributed by atoms with Crippen molar-refractivity contribution in [1.29, 1.82) is 0 Å². The third-order valence-corrected chi connectivity index (χ3v) is 3.42. The first-order chi connectivity index (χ1) is 6.20. The Bertz CT molecular complexity index is 462. The summed E-state index contributed by atoms with van der Waals surface area (Å²) in [6.45, 7) is 0. The van der Waals surface area contributed by atoms with E-state index < -0.39 is 0 Å². The molecule has 0 fully saturated rings. The van der Waals surface area contributed by atoms with Gasteiger partial charge in [0.25, 0.3) is 0 Å². The monoisotopic (exact) mass is 319 g/mol. The summed E-state index contributed by atoms with van der Waals surface area (Å²) < 4.78 is 1.99. The fourth-order valence-corrected chi connectivity index (χ4v) is 2.55. The summed E-state index contributed by atoms with van der Waals surface area (Å²) in [4.78, 5) is 4.02. The van der Waals surface area contributed by atoms with Crippen LogP contribution in [0.25, 0.3) is 10.8 Å². The summed E-state index contributed by atoms with van der Waals surface area (Å²) in [6.07, 6.45) is 1.70. The lowest BCUT2D eigenvalue weighted by atomic mass is 10.2. The minimum atomic E-state index is 0.519. The Labute approximate surface area is 97.4 Å². The highest BCUT2D eigenvalue weighted by Crippen LogP contribution is 2.33. The number of pyridine rings is 1. The Morgan fingerprint density at radius 1 is 1.08 bits per heavy atom. The van der Waals surface area contributed by atoms with Gasteiger partial charge in [0, 0.05) is 25.9 Å². The van der Waals surface area contributed by atoms with Crippen LogP contribution in [-0.2, 0) is 0 Å². The SMILES string of the molecule is Clc1nccc2c(Br)ccc(Br)c12. The fourth-order valence-electron chi connectivity index (χ4n) is 1.18. The number of halogens is 3. The van der Waals surface area contributed by atoms with E-state index in [2.05, 4.69) is 36.8 Å². The van der Waals surface area contributed by atoms with Crippen molar-refractivity contribution in [2.24, 2.45) is 0 Å². The third-order valence-electron chi connectivity index (χ3n) is 1.78. The van der Waals surface area contributed by atoms with Gasteiger partial charge in [-0.25, -0.2) is 4.98 Å². The summed E-state index contributed by atoms with van der Waals surface area (Å²) in [5, 5.41) is 2.53. The van der Waals surface area contributed by atoms with E-state index in [1.165, 1.54) is 0 Å². The molecule has 1 aromatic heterocycles. The molecule has 1 heterocycles. The van der Waals surface area contributed by atoms with Crippen LogP contribution in [-0.4, -0.2) is 4.98 Å². The Kier molecular flexibility index (Phi) is 2.58. The second-order valence-electron chi connectivity index (χ2n) is 2.55. The van der Waals surface area contributed by atoms with Crippen molar-refractivity contribution in [1.82, 2.24) is 4.98 Å². The summed E-state index contributed by atoms with van der Waals surface area (Å²) in [5.74, 6) is 0. The molecule has 0 N–H and O–H groups in total. The van der Waals surface area contributed by atoms with Crippen LogP contribution in [0.2, 0.25) is 5.15 Å². The van der Waals surface area contributed by atoms with Crippen LogP contribution in [0.1, 0.15) is 0 Å². The van der Waals surface area contributed by atoms with Crippen molar-refractivity contribution < 1.29 is 0 Å². The topological polar surface area (TPSA) is 12.9 Å². The van der Waals surface area contributed by atoms with Crippen molar-refractivity contribution in [3.63, 3.8) is 0 Å². The van der Waals surface area contributed by atoms with E-state index in [1.807, 2.05) is 18.2 Å². The van der Waals surface area contributed by atoms with Crippen LogP contribution in [0.15, 0.2) is 33.3 Å². The molecule has 2 aromatic rings. The summed E-state index contributed by atoms with van der Waals surface area (Å²) in [7, 11) is 0. The van der Waals surface area contributed by atoms with Gasteiger partial charge in [0.05, 0.1) is 0 Å². The molecule has 0 amide bonds. The standard InChI is InChI=1S/C9H4Br2ClN/c10-6-1-2-7(11)8-5(6)3-4-13-9(8)12/h1-4H. The number of fused-ring (bicyclic) bond motifs is 1. The van der Waals surface area contributed by atoms with E-state index in [9.17, 15) is 0 Å². The molecule has 0 unspecified atom stereocenters. The molecule has 0 aliphatic heterocycles. The predicted molar refractivity (Wildman–Crippen MR) is 62.2 cm³/mol. The Hall–Kier alpha value is -0.120. The van der Waals surface area contributed by atoms with Crippen molar-refractivity contribution in [2.45, 2.75) is 0 Å². The molecule has 4 heteroatoms. The van der Waals surface area contributed by atoms with Gasteiger partial charge in [-0.3, -0.25) is 0 Å². The van der Waals surface area contributed by atoms with Crippen LogP contribution in [0.3, 0.4) is 0 Å². The zero-order valence-electron chi connectivity index (χ0n) is 6.39. The number of rotatable bonds is 0. The minimum absolute atomic E-state index is 0.519. The lowest BCUT2D eigenvalue weighted by Crippen LogP contribution is -1.81. The van der Waals surface area contributed by atoms with Crippen molar-refractivity contribution in [3.8, 4) is 0 Å². The maximum atomic E-state index is 5.97. The first kappa shape index (κ1) is 9.44. The number of hydrogen-bond acceptors (Lipinski definition) is 1. The van der Waals surface area contributed by atoms with Crippen LogP contribution in [0.5, 0.6) is 0 Å². The molecule has 1 aromatic carbocycles. The molecular formula is C9H4Br2ClN. The summed E-state index contributed by atoms with van der Waals surface area (Å²) in [6, 6.07) is 5.85. The van der Waals surface area contributed by atoms with E-state index in [0.717, 1.165) is 19.7 Å². The lowest BCUT2D eigenvalue weighted by Gasteiger charge is -2.03. The van der Waals surface area contributed by atoms with Gasteiger partial charge >= 0.3 is 0 Å². The maximum absolute atomic E-state index is 5.97. The van der Waals surface area contributed by atoms with Gasteiger partial charge < -0.3 is 0 Å². The van der Waals surface area contributed by atoms with Gasteiger partial charge in [0.2, 0.25) is 0 Å². The zero-order chi connectivity index (χ0) is 9.42. The Balaban J connectivity index is 3.00. The molecular weight excluding hydrogens is 317 g/mol. The average Bonchev–Trinajstić information content (AvgIpc) is 2.12. The minimum Gasteiger partial charge on any atom is -0.244 e. The first-order valence-corrected chi connectivity index (χ1v) is 5.55. The number of hydrogen-bond donors (Lipinski definition) is 0. The zero-order valence-corrected chi connectivity index (χ0v) is 10.3.